The summed E-state index contributed by atoms with van der Waals surface area (Å²) in [6.07, 6.45) is 15.6. The van der Waals surface area contributed by atoms with E-state index in [-0.39, 0.29) is 25.7 Å². The summed E-state index contributed by atoms with van der Waals surface area (Å²) in [5, 5.41) is 72.3. The number of esters is 2. The van der Waals surface area contributed by atoms with Gasteiger partial charge in [0.25, 0.3) is 0 Å². The van der Waals surface area contributed by atoms with Crippen molar-refractivity contribution in [3.63, 3.8) is 0 Å². The van der Waals surface area contributed by atoms with Crippen molar-refractivity contribution >= 4 is 39.8 Å². The summed E-state index contributed by atoms with van der Waals surface area (Å²) in [6.45, 7) is 6.70. The molecular formula is C68H130N2O22P2. The molecule has 15 atom stereocenters. The number of aliphatic hydroxyl groups is 6. The van der Waals surface area contributed by atoms with Gasteiger partial charge in [0.1, 0.15) is 36.5 Å². The van der Waals surface area contributed by atoms with Gasteiger partial charge in [-0.05, 0) is 25.7 Å². The smallest absolute Gasteiger partial charge is 0.457 e. The van der Waals surface area contributed by atoms with Crippen LogP contribution in [0.1, 0.15) is 310 Å². The lowest BCUT2D eigenvalue weighted by atomic mass is 9.95. The third-order valence-corrected chi connectivity index (χ3v) is 18.8. The van der Waals surface area contributed by atoms with Gasteiger partial charge in [-0.1, -0.05) is 259 Å². The number of phosphoric ester groups is 1. The van der Waals surface area contributed by atoms with Gasteiger partial charge < -0.3 is 79.6 Å². The normalized spacial score (nSPS) is 23.3. The highest BCUT2D eigenvalue weighted by Gasteiger charge is 2.54. The van der Waals surface area contributed by atoms with Gasteiger partial charge in [-0.2, -0.15) is 0 Å². The lowest BCUT2D eigenvalue weighted by Gasteiger charge is -2.46. The standard InChI is InChI=1S/C68H130N2O22P2/c1-5-9-13-17-21-25-29-33-37-41-51(72)45-57(76)69-61-65(89-59(78)47-53(74)43-39-35-31-27-23-19-15-11-7-3)63(80)56(88-68(61)91-93(81)82)50-86-67-62(70-58(77)46-52(73)42-38-34-30-26-22-18-14-10-6-2)66(64(55(49-71)87-67)92-94(83,84)85)90-60(79)48-54(75)44-40-36-32-28-24-20-16-12-8-4/h51-56,61-68,71-75,80,93H,5-50H2,1-4H3,(H,69,76)(H,70,77)(H,81,82)(H2,83,84,85). The minimum Gasteiger partial charge on any atom is -0.457 e. The summed E-state index contributed by atoms with van der Waals surface area (Å²) < 4.78 is 65.7. The second-order valence-corrected chi connectivity index (χ2v) is 28.5. The average molecular weight is 1390 g/mol. The summed E-state index contributed by atoms with van der Waals surface area (Å²) in [4.78, 5) is 86.2. The van der Waals surface area contributed by atoms with Crippen LogP contribution in [0, 0.1) is 0 Å². The molecule has 24 nitrogen and oxygen atoms in total. The van der Waals surface area contributed by atoms with E-state index in [0.717, 1.165) is 154 Å². The summed E-state index contributed by atoms with van der Waals surface area (Å²) >= 11 is 0. The molecule has 2 amide bonds. The molecule has 0 radical (unpaired) electrons. The summed E-state index contributed by atoms with van der Waals surface area (Å²) in [7, 11) is -9.52. The minimum atomic E-state index is -5.54. The van der Waals surface area contributed by atoms with E-state index in [4.69, 9.17) is 32.7 Å². The maximum absolute atomic E-state index is 14.1. The van der Waals surface area contributed by atoms with Crippen molar-refractivity contribution in [3.05, 3.63) is 0 Å². The number of carbonyl (C=O) groups is 4. The van der Waals surface area contributed by atoms with Crippen LogP contribution in [-0.2, 0) is 61.0 Å². The Morgan fingerprint density at radius 2 is 0.766 bits per heavy atom. The molecule has 2 saturated heterocycles. The zero-order valence-electron chi connectivity index (χ0n) is 57.9. The lowest BCUT2D eigenvalue weighted by Crippen LogP contribution is -2.68. The minimum absolute atomic E-state index is 0.213. The Balaban J connectivity index is 2.51. The first-order valence-electron chi connectivity index (χ1n) is 36.7. The van der Waals surface area contributed by atoms with Crippen LogP contribution < -0.4 is 10.6 Å². The molecule has 2 fully saturated rings. The first-order valence-corrected chi connectivity index (χ1v) is 39.5. The van der Waals surface area contributed by atoms with Gasteiger partial charge in [0.2, 0.25) is 11.8 Å². The monoisotopic (exact) mass is 1390 g/mol. The van der Waals surface area contributed by atoms with Crippen LogP contribution >= 0.6 is 16.1 Å². The van der Waals surface area contributed by atoms with Gasteiger partial charge in [-0.15, -0.1) is 0 Å². The number of ether oxygens (including phenoxy) is 5. The molecule has 26 heteroatoms. The summed E-state index contributed by atoms with van der Waals surface area (Å²) in [5.41, 5.74) is 0. The highest BCUT2D eigenvalue weighted by atomic mass is 31.2. The molecule has 15 unspecified atom stereocenters. The largest absolute Gasteiger partial charge is 0.470 e. The number of hydrogen-bond acceptors (Lipinski definition) is 19. The topological polar surface area (TPSA) is 373 Å². The fourth-order valence-corrected chi connectivity index (χ4v) is 13.4. The second kappa shape index (κ2) is 54.6. The van der Waals surface area contributed by atoms with Crippen molar-refractivity contribution in [1.82, 2.24) is 10.6 Å². The van der Waals surface area contributed by atoms with Crippen LogP contribution in [-0.4, -0.2) is 168 Å². The Kier molecular flexibility index (Phi) is 51.0. The third kappa shape index (κ3) is 42.0. The van der Waals surface area contributed by atoms with Gasteiger partial charge in [0.15, 0.2) is 24.8 Å². The van der Waals surface area contributed by atoms with Crippen LogP contribution in [0.4, 0.5) is 0 Å². The predicted molar refractivity (Wildman–Crippen MR) is 359 cm³/mol. The second-order valence-electron chi connectivity index (χ2n) is 26.5. The Labute approximate surface area is 563 Å². The number of carbonyl (C=O) groups excluding carboxylic acids is 4. The van der Waals surface area contributed by atoms with E-state index in [0.29, 0.717) is 25.7 Å². The Hall–Kier alpha value is -2.22. The molecule has 0 aromatic rings. The van der Waals surface area contributed by atoms with Crippen molar-refractivity contribution in [2.24, 2.45) is 0 Å². The highest BCUT2D eigenvalue weighted by molar-refractivity contribution is 7.46. The van der Waals surface area contributed by atoms with E-state index >= 15 is 0 Å². The van der Waals surface area contributed by atoms with Crippen molar-refractivity contribution in [3.8, 4) is 0 Å². The molecule has 94 heavy (non-hydrogen) atoms. The highest BCUT2D eigenvalue weighted by Crippen LogP contribution is 2.43. The first-order chi connectivity index (χ1) is 45.2. The van der Waals surface area contributed by atoms with Crippen molar-refractivity contribution in [2.45, 2.75) is 396 Å². The molecule has 11 N–H and O–H groups in total. The van der Waals surface area contributed by atoms with Crippen molar-refractivity contribution < 1.29 is 106 Å². The number of hydrogen-bond donors (Lipinski definition) is 11. The molecular weight excluding hydrogens is 1260 g/mol. The lowest BCUT2D eigenvalue weighted by molar-refractivity contribution is -0.296. The molecule has 0 bridgehead atoms. The van der Waals surface area contributed by atoms with Crippen LogP contribution in [0.3, 0.4) is 0 Å². The molecule has 554 valence electrons. The number of rotatable bonds is 60. The van der Waals surface area contributed by atoms with Crippen LogP contribution in [0.2, 0.25) is 0 Å². The van der Waals surface area contributed by atoms with E-state index in [2.05, 4.69) is 38.3 Å². The fraction of sp³-hybridized carbons (Fsp3) is 0.941. The number of nitrogens with one attached hydrogen (secondary N) is 2. The van der Waals surface area contributed by atoms with Crippen LogP contribution in [0.15, 0.2) is 0 Å². The van der Waals surface area contributed by atoms with Crippen molar-refractivity contribution in [1.29, 1.82) is 0 Å². The van der Waals surface area contributed by atoms with E-state index < -0.39 is 164 Å². The fourth-order valence-electron chi connectivity index (χ4n) is 12.4. The molecule has 2 heterocycles. The van der Waals surface area contributed by atoms with E-state index in [9.17, 15) is 73.6 Å². The zero-order chi connectivity index (χ0) is 69.4. The summed E-state index contributed by atoms with van der Waals surface area (Å²) in [6, 6.07) is -3.52. The molecule has 0 aromatic heterocycles. The molecule has 2 rings (SSSR count). The van der Waals surface area contributed by atoms with Gasteiger partial charge in [0, 0.05) is 0 Å². The zero-order valence-corrected chi connectivity index (χ0v) is 59.8. The Bertz CT molecular complexity index is 2010. The van der Waals surface area contributed by atoms with E-state index in [1.54, 1.807) is 0 Å². The summed E-state index contributed by atoms with van der Waals surface area (Å²) in [5.74, 6) is -3.80. The molecule has 2 aliphatic heterocycles. The first kappa shape index (κ1) is 87.9. The van der Waals surface area contributed by atoms with Crippen molar-refractivity contribution in [2.75, 3.05) is 13.2 Å². The van der Waals surface area contributed by atoms with Gasteiger partial charge in [-0.25, -0.2) is 4.57 Å². The molecule has 0 aliphatic carbocycles. The molecule has 0 aromatic carbocycles. The molecule has 2 aliphatic rings. The van der Waals surface area contributed by atoms with Gasteiger partial charge in [-0.3, -0.25) is 32.8 Å². The number of amides is 2. The predicted octanol–water partition coefficient (Wildman–Crippen LogP) is 11.2. The Morgan fingerprint density at radius 1 is 0.457 bits per heavy atom. The van der Waals surface area contributed by atoms with Crippen LogP contribution in [0.5, 0.6) is 0 Å². The number of phosphoric acid groups is 1. The Morgan fingerprint density at radius 3 is 1.10 bits per heavy atom. The van der Waals surface area contributed by atoms with Gasteiger partial charge in [0.05, 0.1) is 63.3 Å². The number of aliphatic hydroxyl groups excluding tert-OH is 6. The third-order valence-electron chi connectivity index (χ3n) is 17.8. The SMILES string of the molecule is CCCCCCCCCCCC(O)CC(=O)NC1C(O[PH](=O)O)OC(COC2OC(CO)C(OP(=O)(O)O)C(OC(=O)CC(O)CCCCCCCCCCC)C2NC(=O)CC(O)CCCCCCCCCCC)C(O)C1OC(=O)CC(O)CCCCCCCCCCC. The van der Waals surface area contributed by atoms with Gasteiger partial charge >= 0.3 is 28.0 Å². The molecule has 0 spiro atoms. The average Bonchev–Trinajstić information content (AvgIpc) is 0.795. The maximum Gasteiger partial charge on any atom is 0.470 e. The number of unbranched alkanes of at least 4 members (excludes halogenated alkanes) is 32. The quantitative estimate of drug-likeness (QED) is 0.0153. The van der Waals surface area contributed by atoms with E-state index in [1.165, 1.54) is 51.4 Å². The molecule has 0 saturated carbocycles. The van der Waals surface area contributed by atoms with E-state index in [1.807, 2.05) is 0 Å². The maximum atomic E-state index is 14.1. The van der Waals surface area contributed by atoms with Crippen LogP contribution in [0.25, 0.3) is 0 Å².